The Morgan fingerprint density at radius 3 is 2.74 bits per heavy atom. The minimum absolute atomic E-state index is 0.0141. The molecule has 1 fully saturated rings. The summed E-state index contributed by atoms with van der Waals surface area (Å²) in [4.78, 5) is 27.6. The maximum Gasteiger partial charge on any atom is 0.289 e. The van der Waals surface area contributed by atoms with Crippen LogP contribution in [-0.4, -0.2) is 22.6 Å². The van der Waals surface area contributed by atoms with Crippen LogP contribution in [0.1, 0.15) is 12.7 Å². The third-order valence-corrected chi connectivity index (χ3v) is 5.11. The zero-order valence-electron chi connectivity index (χ0n) is 16.4. The number of carbonyl (C=O) groups excluding carboxylic acids is 1. The van der Waals surface area contributed by atoms with E-state index in [-0.39, 0.29) is 10.9 Å². The number of hydrogen-bond acceptors (Lipinski definition) is 7. The average Bonchev–Trinajstić information content (AvgIpc) is 3.36. The van der Waals surface area contributed by atoms with E-state index in [1.807, 2.05) is 19.1 Å². The van der Waals surface area contributed by atoms with Gasteiger partial charge in [-0.15, -0.1) is 0 Å². The van der Waals surface area contributed by atoms with Crippen molar-refractivity contribution in [2.45, 2.75) is 6.92 Å². The highest BCUT2D eigenvalue weighted by atomic mass is 32.2. The topological polar surface area (TPSA) is 107 Å². The van der Waals surface area contributed by atoms with Gasteiger partial charge in [-0.25, -0.2) is 4.99 Å². The third kappa shape index (κ3) is 4.84. The lowest BCUT2D eigenvalue weighted by Crippen LogP contribution is -2.18. The zero-order valence-corrected chi connectivity index (χ0v) is 17.2. The van der Waals surface area contributed by atoms with Crippen molar-refractivity contribution in [1.82, 2.24) is 5.32 Å². The molecule has 1 saturated heterocycles. The Morgan fingerprint density at radius 1 is 1.19 bits per heavy atom. The molecule has 0 bridgehead atoms. The summed E-state index contributed by atoms with van der Waals surface area (Å²) in [5.41, 5.74) is 1.25. The Hall–Kier alpha value is -3.85. The van der Waals surface area contributed by atoms with E-state index in [0.29, 0.717) is 40.1 Å². The number of non-ortho nitro benzene ring substituents is 1. The molecule has 0 atom stereocenters. The van der Waals surface area contributed by atoms with Crippen LogP contribution in [0, 0.1) is 10.1 Å². The first kappa shape index (κ1) is 20.4. The number of nitrogens with one attached hydrogen (secondary N) is 1. The fraction of sp³-hybridized carbons (Fsp3) is 0.0909. The fourth-order valence-corrected chi connectivity index (χ4v) is 3.63. The van der Waals surface area contributed by atoms with Crippen molar-refractivity contribution in [3.05, 3.63) is 81.4 Å². The second-order valence-electron chi connectivity index (χ2n) is 6.42. The number of carbonyl (C=O) groups is 1. The summed E-state index contributed by atoms with van der Waals surface area (Å²) in [6.45, 7) is 2.49. The second-order valence-corrected chi connectivity index (χ2v) is 7.43. The molecule has 1 aromatic heterocycles. The Kier molecular flexibility index (Phi) is 5.85. The number of hydrogen-bond donors (Lipinski definition) is 1. The van der Waals surface area contributed by atoms with Gasteiger partial charge in [0.15, 0.2) is 0 Å². The first-order valence-corrected chi connectivity index (χ1v) is 10.2. The molecular formula is C22H17N3O5S. The van der Waals surface area contributed by atoms with Crippen LogP contribution in [0.5, 0.6) is 5.75 Å². The van der Waals surface area contributed by atoms with Gasteiger partial charge in [-0.05, 0) is 61.2 Å². The number of amidine groups is 1. The highest BCUT2D eigenvalue weighted by Crippen LogP contribution is 2.31. The summed E-state index contributed by atoms with van der Waals surface area (Å²) in [6, 6.07) is 16.9. The number of thioether (sulfide) groups is 1. The number of rotatable bonds is 6. The molecule has 0 saturated carbocycles. The number of nitrogens with zero attached hydrogens (tertiary/aromatic N) is 2. The van der Waals surface area contributed by atoms with Crippen molar-refractivity contribution in [2.75, 3.05) is 6.61 Å². The highest BCUT2D eigenvalue weighted by Gasteiger charge is 2.24. The molecule has 2 heterocycles. The summed E-state index contributed by atoms with van der Waals surface area (Å²) in [6.07, 6.45) is 1.71. The predicted molar refractivity (Wildman–Crippen MR) is 120 cm³/mol. The molecule has 0 radical (unpaired) electrons. The van der Waals surface area contributed by atoms with Crippen molar-refractivity contribution in [3.8, 4) is 17.1 Å². The summed E-state index contributed by atoms with van der Waals surface area (Å²) in [7, 11) is 0. The van der Waals surface area contributed by atoms with E-state index in [4.69, 9.17) is 9.15 Å². The molecule has 31 heavy (non-hydrogen) atoms. The maximum atomic E-state index is 11.9. The van der Waals surface area contributed by atoms with Crippen LogP contribution in [0.2, 0.25) is 0 Å². The number of benzene rings is 2. The average molecular weight is 435 g/mol. The third-order valence-electron chi connectivity index (χ3n) is 4.29. The van der Waals surface area contributed by atoms with Gasteiger partial charge in [0, 0.05) is 17.7 Å². The minimum Gasteiger partial charge on any atom is -0.494 e. The van der Waals surface area contributed by atoms with Crippen molar-refractivity contribution in [3.63, 3.8) is 0 Å². The SMILES string of the molecule is CCOc1ccc(N=C2NC(=O)SC2=Cc2ccc(-c3cccc([N+](=O)[O-])c3)o2)cc1. The normalized spacial score (nSPS) is 16.0. The second kappa shape index (κ2) is 8.88. The van der Waals surface area contributed by atoms with Crippen LogP contribution in [0.25, 0.3) is 17.4 Å². The number of ether oxygens (including phenoxy) is 1. The predicted octanol–water partition coefficient (Wildman–Crippen LogP) is 5.78. The monoisotopic (exact) mass is 435 g/mol. The molecule has 0 unspecified atom stereocenters. The maximum absolute atomic E-state index is 11.9. The molecular weight excluding hydrogens is 418 g/mol. The largest absolute Gasteiger partial charge is 0.494 e. The molecule has 1 amide bonds. The van der Waals surface area contributed by atoms with Gasteiger partial charge in [0.2, 0.25) is 0 Å². The molecule has 8 nitrogen and oxygen atoms in total. The van der Waals surface area contributed by atoms with Crippen molar-refractivity contribution >= 4 is 40.3 Å². The van der Waals surface area contributed by atoms with Gasteiger partial charge in [0.05, 0.1) is 22.1 Å². The fourth-order valence-electron chi connectivity index (χ4n) is 2.91. The summed E-state index contributed by atoms with van der Waals surface area (Å²) < 4.78 is 11.2. The van der Waals surface area contributed by atoms with E-state index in [1.165, 1.54) is 12.1 Å². The van der Waals surface area contributed by atoms with E-state index in [1.54, 1.807) is 42.5 Å². The van der Waals surface area contributed by atoms with E-state index >= 15 is 0 Å². The van der Waals surface area contributed by atoms with E-state index < -0.39 is 4.92 Å². The van der Waals surface area contributed by atoms with Gasteiger partial charge >= 0.3 is 0 Å². The molecule has 4 rings (SSSR count). The smallest absolute Gasteiger partial charge is 0.289 e. The number of furan rings is 1. The van der Waals surface area contributed by atoms with Crippen molar-refractivity contribution in [1.29, 1.82) is 0 Å². The first-order valence-electron chi connectivity index (χ1n) is 9.39. The van der Waals surface area contributed by atoms with E-state index in [2.05, 4.69) is 10.3 Å². The molecule has 156 valence electrons. The molecule has 9 heteroatoms. The molecule has 3 aromatic rings. The Balaban J connectivity index is 1.59. The van der Waals surface area contributed by atoms with Crippen LogP contribution in [-0.2, 0) is 0 Å². The molecule has 1 aliphatic rings. The molecule has 2 aromatic carbocycles. The van der Waals surface area contributed by atoms with E-state index in [9.17, 15) is 14.9 Å². The van der Waals surface area contributed by atoms with Crippen LogP contribution in [0.3, 0.4) is 0 Å². The molecule has 0 aliphatic carbocycles. The van der Waals surface area contributed by atoms with Crippen molar-refractivity contribution in [2.24, 2.45) is 4.99 Å². The standard InChI is InChI=1S/C22H17N3O5S/c1-2-29-17-8-6-15(7-9-17)23-21-20(31-22(26)24-21)13-18-10-11-19(30-18)14-4-3-5-16(12-14)25(27)28/h3-13H,2H2,1H3,(H,23,24,26). The number of amides is 1. The molecule has 1 N–H and O–H groups in total. The van der Waals surface area contributed by atoms with Gasteiger partial charge in [-0.3, -0.25) is 14.9 Å². The van der Waals surface area contributed by atoms with Crippen LogP contribution >= 0.6 is 11.8 Å². The molecule has 0 spiro atoms. The lowest BCUT2D eigenvalue weighted by atomic mass is 10.1. The lowest BCUT2D eigenvalue weighted by molar-refractivity contribution is -0.384. The van der Waals surface area contributed by atoms with Gasteiger partial charge in [-0.2, -0.15) is 0 Å². The zero-order chi connectivity index (χ0) is 21.8. The quantitative estimate of drug-likeness (QED) is 0.388. The Bertz CT molecular complexity index is 1200. The summed E-state index contributed by atoms with van der Waals surface area (Å²) >= 11 is 1.02. The van der Waals surface area contributed by atoms with Crippen LogP contribution < -0.4 is 10.1 Å². The van der Waals surface area contributed by atoms with Gasteiger partial charge < -0.3 is 14.5 Å². The lowest BCUT2D eigenvalue weighted by Gasteiger charge is -2.03. The molecule has 1 aliphatic heterocycles. The first-order chi connectivity index (χ1) is 15.0. The van der Waals surface area contributed by atoms with Gasteiger partial charge in [0.1, 0.15) is 23.1 Å². The van der Waals surface area contributed by atoms with Crippen molar-refractivity contribution < 1.29 is 18.9 Å². The minimum atomic E-state index is -0.453. The van der Waals surface area contributed by atoms with Gasteiger partial charge in [-0.1, -0.05) is 12.1 Å². The summed E-state index contributed by atoms with van der Waals surface area (Å²) in [5.74, 6) is 2.16. The van der Waals surface area contributed by atoms with Gasteiger partial charge in [0.25, 0.3) is 10.9 Å². The number of nitro benzene ring substituents is 1. The highest BCUT2D eigenvalue weighted by molar-refractivity contribution is 8.18. The van der Waals surface area contributed by atoms with Crippen LogP contribution in [0.15, 0.2) is 75.0 Å². The Morgan fingerprint density at radius 2 is 2.00 bits per heavy atom. The number of aliphatic imine (C=N–C) groups is 1. The van der Waals surface area contributed by atoms with E-state index in [0.717, 1.165) is 17.5 Å². The summed E-state index contributed by atoms with van der Waals surface area (Å²) in [5, 5.41) is 13.5. The number of nitro groups is 1. The van der Waals surface area contributed by atoms with Crippen LogP contribution in [0.4, 0.5) is 16.2 Å². The Labute approximate surface area is 181 Å².